The van der Waals surface area contributed by atoms with Crippen LogP contribution in [0.5, 0.6) is 0 Å². The van der Waals surface area contributed by atoms with Crippen LogP contribution in [-0.4, -0.2) is 22.9 Å². The van der Waals surface area contributed by atoms with Crippen molar-refractivity contribution in [2.45, 2.75) is 0 Å². The molecule has 0 bridgehead atoms. The number of ketones is 1. The van der Waals surface area contributed by atoms with E-state index in [9.17, 15) is 9.59 Å². The Labute approximate surface area is 207 Å². The minimum absolute atomic E-state index is 0.107. The standard InChI is InChI=1S/C26H16BrN3O3S/c27-20-12-13-22-23(15-20)34-26(29-22)30(28-16-21-7-4-14-33-21)25(32)19-10-8-18(9-11-19)24(31)17-5-2-1-3-6-17/h1-16H/b28-16+. The number of hydrogen-bond donors (Lipinski definition) is 0. The van der Waals surface area contributed by atoms with Crippen molar-refractivity contribution in [3.63, 3.8) is 0 Å². The number of halogens is 1. The third kappa shape index (κ3) is 4.59. The molecular formula is C26H16BrN3O3S. The van der Waals surface area contributed by atoms with Crippen LogP contribution < -0.4 is 5.01 Å². The molecule has 6 nitrogen and oxygen atoms in total. The van der Waals surface area contributed by atoms with Gasteiger partial charge in [-0.05, 0) is 42.5 Å². The third-order valence-electron chi connectivity index (χ3n) is 4.99. The molecule has 2 aromatic heterocycles. The number of anilines is 1. The first-order chi connectivity index (χ1) is 16.6. The van der Waals surface area contributed by atoms with Crippen molar-refractivity contribution in [1.82, 2.24) is 4.98 Å². The van der Waals surface area contributed by atoms with E-state index in [2.05, 4.69) is 26.0 Å². The number of carbonyl (C=O) groups is 2. The van der Waals surface area contributed by atoms with Crippen LogP contribution in [0.1, 0.15) is 32.0 Å². The van der Waals surface area contributed by atoms with Gasteiger partial charge in [-0.25, -0.2) is 4.98 Å². The fourth-order valence-corrected chi connectivity index (χ4v) is 4.76. The molecule has 0 aliphatic carbocycles. The summed E-state index contributed by atoms with van der Waals surface area (Å²) in [4.78, 5) is 30.7. The van der Waals surface area contributed by atoms with E-state index in [-0.39, 0.29) is 11.7 Å². The summed E-state index contributed by atoms with van der Waals surface area (Å²) in [7, 11) is 0. The number of furan rings is 1. The van der Waals surface area contributed by atoms with Crippen molar-refractivity contribution in [3.8, 4) is 0 Å². The van der Waals surface area contributed by atoms with Crippen LogP contribution in [0.2, 0.25) is 0 Å². The van der Waals surface area contributed by atoms with Crippen LogP contribution in [0.15, 0.2) is 105 Å². The molecular weight excluding hydrogens is 514 g/mol. The number of fused-ring (bicyclic) bond motifs is 1. The molecule has 0 saturated heterocycles. The average Bonchev–Trinajstić information content (AvgIpc) is 3.54. The lowest BCUT2D eigenvalue weighted by Crippen LogP contribution is -2.25. The van der Waals surface area contributed by atoms with E-state index in [1.54, 1.807) is 48.5 Å². The third-order valence-corrected chi connectivity index (χ3v) is 6.47. The predicted molar refractivity (Wildman–Crippen MR) is 137 cm³/mol. The van der Waals surface area contributed by atoms with Gasteiger partial charge in [-0.3, -0.25) is 9.59 Å². The molecule has 0 saturated carbocycles. The van der Waals surface area contributed by atoms with Gasteiger partial charge < -0.3 is 4.42 Å². The Balaban J connectivity index is 1.48. The molecule has 34 heavy (non-hydrogen) atoms. The second-order valence-corrected chi connectivity index (χ2v) is 9.18. The molecule has 0 atom stereocenters. The molecule has 166 valence electrons. The summed E-state index contributed by atoms with van der Waals surface area (Å²) in [6.45, 7) is 0. The second-order valence-electron chi connectivity index (χ2n) is 7.26. The molecule has 3 aromatic carbocycles. The van der Waals surface area contributed by atoms with Gasteiger partial charge in [-0.1, -0.05) is 69.7 Å². The molecule has 0 unspecified atom stereocenters. The zero-order valence-corrected chi connectivity index (χ0v) is 20.0. The molecule has 0 radical (unpaired) electrons. The highest BCUT2D eigenvalue weighted by Crippen LogP contribution is 2.32. The monoisotopic (exact) mass is 529 g/mol. The number of hydrogen-bond acceptors (Lipinski definition) is 6. The Morgan fingerprint density at radius 2 is 1.65 bits per heavy atom. The van der Waals surface area contributed by atoms with Gasteiger partial charge in [0, 0.05) is 21.2 Å². The molecule has 2 heterocycles. The van der Waals surface area contributed by atoms with E-state index in [4.69, 9.17) is 4.42 Å². The molecule has 5 aromatic rings. The molecule has 0 N–H and O–H groups in total. The Kier molecular flexibility index (Phi) is 6.16. The molecule has 1 amide bonds. The van der Waals surface area contributed by atoms with E-state index in [1.807, 2.05) is 36.4 Å². The lowest BCUT2D eigenvalue weighted by molar-refractivity contribution is 0.0985. The number of thiazole rings is 1. The van der Waals surface area contributed by atoms with Crippen molar-refractivity contribution >= 4 is 60.5 Å². The van der Waals surface area contributed by atoms with Gasteiger partial charge in [-0.2, -0.15) is 10.1 Å². The molecule has 8 heteroatoms. The summed E-state index contributed by atoms with van der Waals surface area (Å²) in [5, 5.41) is 6.04. The SMILES string of the molecule is O=C(c1ccccc1)c1ccc(C(=O)N(/N=C/c2ccco2)c2nc3ccc(Br)cc3s2)cc1. The van der Waals surface area contributed by atoms with E-state index in [0.717, 1.165) is 14.7 Å². The number of amides is 1. The van der Waals surface area contributed by atoms with E-state index in [1.165, 1.54) is 28.8 Å². The quantitative estimate of drug-likeness (QED) is 0.142. The van der Waals surface area contributed by atoms with Crippen molar-refractivity contribution in [3.05, 3.63) is 118 Å². The van der Waals surface area contributed by atoms with Crippen molar-refractivity contribution in [2.24, 2.45) is 5.10 Å². The summed E-state index contributed by atoms with van der Waals surface area (Å²) in [5.41, 5.74) is 2.23. The lowest BCUT2D eigenvalue weighted by Gasteiger charge is -2.14. The number of aromatic nitrogens is 1. The van der Waals surface area contributed by atoms with Gasteiger partial charge in [-0.15, -0.1) is 0 Å². The Morgan fingerprint density at radius 1 is 0.912 bits per heavy atom. The largest absolute Gasteiger partial charge is 0.463 e. The normalized spacial score (nSPS) is 11.2. The van der Waals surface area contributed by atoms with E-state index < -0.39 is 0 Å². The second kappa shape index (κ2) is 9.54. The first-order valence-corrected chi connectivity index (χ1v) is 11.9. The van der Waals surface area contributed by atoms with Crippen LogP contribution >= 0.6 is 27.3 Å². The molecule has 0 fully saturated rings. The number of nitrogens with zero attached hydrogens (tertiary/aromatic N) is 3. The fraction of sp³-hybridized carbons (Fsp3) is 0. The van der Waals surface area contributed by atoms with Crippen LogP contribution in [0.4, 0.5) is 5.13 Å². The lowest BCUT2D eigenvalue weighted by atomic mass is 10.0. The number of hydrazone groups is 1. The molecule has 0 aliphatic heterocycles. The summed E-state index contributed by atoms with van der Waals surface area (Å²) >= 11 is 4.82. The molecule has 0 aliphatic rings. The Bertz CT molecular complexity index is 1490. The van der Waals surface area contributed by atoms with E-state index in [0.29, 0.717) is 27.6 Å². The highest BCUT2D eigenvalue weighted by Gasteiger charge is 2.22. The first-order valence-electron chi connectivity index (χ1n) is 10.3. The van der Waals surface area contributed by atoms with Gasteiger partial charge in [0.25, 0.3) is 5.91 Å². The van der Waals surface area contributed by atoms with Gasteiger partial charge in [0.05, 0.1) is 22.7 Å². The van der Waals surface area contributed by atoms with Crippen molar-refractivity contribution < 1.29 is 14.0 Å². The fourth-order valence-electron chi connectivity index (χ4n) is 3.29. The summed E-state index contributed by atoms with van der Waals surface area (Å²) < 4.78 is 7.15. The first kappa shape index (κ1) is 21.9. The van der Waals surface area contributed by atoms with Crippen molar-refractivity contribution in [2.75, 3.05) is 5.01 Å². The zero-order valence-electron chi connectivity index (χ0n) is 17.6. The maximum Gasteiger partial charge on any atom is 0.280 e. The molecule has 5 rings (SSSR count). The highest BCUT2D eigenvalue weighted by atomic mass is 79.9. The molecule has 0 spiro atoms. The predicted octanol–water partition coefficient (Wildman–Crippen LogP) is 6.56. The highest BCUT2D eigenvalue weighted by molar-refractivity contribution is 9.10. The maximum absolute atomic E-state index is 13.5. The number of benzene rings is 3. The number of carbonyl (C=O) groups excluding carboxylic acids is 2. The minimum atomic E-state index is -0.375. The summed E-state index contributed by atoms with van der Waals surface area (Å²) in [6, 6.07) is 24.7. The average molecular weight is 530 g/mol. The van der Waals surface area contributed by atoms with Gasteiger partial charge in [0.1, 0.15) is 5.76 Å². The summed E-state index contributed by atoms with van der Waals surface area (Å²) in [5.74, 6) is 0.0224. The Morgan fingerprint density at radius 3 is 2.38 bits per heavy atom. The zero-order chi connectivity index (χ0) is 23.5. The minimum Gasteiger partial charge on any atom is -0.463 e. The van der Waals surface area contributed by atoms with Crippen LogP contribution in [0, 0.1) is 0 Å². The van der Waals surface area contributed by atoms with Crippen LogP contribution in [0.25, 0.3) is 10.2 Å². The maximum atomic E-state index is 13.5. The van der Waals surface area contributed by atoms with Gasteiger partial charge in [0.2, 0.25) is 5.13 Å². The van der Waals surface area contributed by atoms with Crippen molar-refractivity contribution in [1.29, 1.82) is 0 Å². The summed E-state index contributed by atoms with van der Waals surface area (Å²) in [6.07, 6.45) is 3.00. The van der Waals surface area contributed by atoms with Crippen LogP contribution in [-0.2, 0) is 0 Å². The Hall–Kier alpha value is -3.88. The van der Waals surface area contributed by atoms with E-state index >= 15 is 0 Å². The van der Waals surface area contributed by atoms with Crippen LogP contribution in [0.3, 0.4) is 0 Å². The smallest absolute Gasteiger partial charge is 0.280 e. The van der Waals surface area contributed by atoms with Gasteiger partial charge in [0.15, 0.2) is 5.78 Å². The topological polar surface area (TPSA) is 75.8 Å². The van der Waals surface area contributed by atoms with Gasteiger partial charge >= 0.3 is 0 Å². The number of rotatable bonds is 6.